The molecule has 1 aromatic carbocycles. The third-order valence-electron chi connectivity index (χ3n) is 5.40. The fourth-order valence-corrected chi connectivity index (χ4v) is 4.10. The first-order valence-electron chi connectivity index (χ1n) is 9.32. The average molecular weight is 358 g/mol. The van der Waals surface area contributed by atoms with Crippen LogP contribution in [0.5, 0.6) is 0 Å². The molecule has 0 unspecified atom stereocenters. The van der Waals surface area contributed by atoms with Crippen LogP contribution in [0.15, 0.2) is 30.3 Å². The van der Waals surface area contributed by atoms with Crippen LogP contribution in [0.2, 0.25) is 0 Å². The lowest BCUT2D eigenvalue weighted by atomic mass is 10.0. The molecule has 1 saturated carbocycles. The summed E-state index contributed by atoms with van der Waals surface area (Å²) in [4.78, 5) is 4.93. The van der Waals surface area contributed by atoms with Crippen LogP contribution in [0.4, 0.5) is 0 Å². The van der Waals surface area contributed by atoms with Crippen LogP contribution in [0.3, 0.4) is 0 Å². The summed E-state index contributed by atoms with van der Waals surface area (Å²) >= 11 is 5.73. The molecule has 6 heteroatoms. The lowest BCUT2D eigenvalue weighted by Crippen LogP contribution is -2.47. The number of likely N-dealkylation sites (N-methyl/N-ethyl adjacent to an activating group) is 1. The van der Waals surface area contributed by atoms with Crippen molar-refractivity contribution in [1.82, 2.24) is 24.1 Å². The van der Waals surface area contributed by atoms with Gasteiger partial charge in [0, 0.05) is 38.1 Å². The predicted molar refractivity (Wildman–Crippen MR) is 102 cm³/mol. The van der Waals surface area contributed by atoms with Crippen molar-refractivity contribution in [3.05, 3.63) is 46.5 Å². The summed E-state index contributed by atoms with van der Waals surface area (Å²) < 4.78 is 5.14. The second kappa shape index (κ2) is 7.02. The van der Waals surface area contributed by atoms with Gasteiger partial charge in [-0.1, -0.05) is 30.3 Å². The molecule has 5 nitrogen and oxygen atoms in total. The van der Waals surface area contributed by atoms with Crippen LogP contribution >= 0.6 is 12.2 Å². The van der Waals surface area contributed by atoms with Crippen molar-refractivity contribution in [3.8, 4) is 0 Å². The van der Waals surface area contributed by atoms with E-state index in [1.165, 1.54) is 24.2 Å². The van der Waals surface area contributed by atoms with Gasteiger partial charge in [0.25, 0.3) is 0 Å². The summed E-state index contributed by atoms with van der Waals surface area (Å²) in [6, 6.07) is 11.2. The molecule has 1 atom stereocenters. The number of benzene rings is 1. The number of piperazine rings is 1. The van der Waals surface area contributed by atoms with Crippen molar-refractivity contribution < 1.29 is 0 Å². The Morgan fingerprint density at radius 2 is 1.92 bits per heavy atom. The van der Waals surface area contributed by atoms with Crippen LogP contribution in [-0.4, -0.2) is 50.8 Å². The molecule has 1 aliphatic carbocycles. The monoisotopic (exact) mass is 357 g/mol. The highest BCUT2D eigenvalue weighted by atomic mass is 32.1. The maximum atomic E-state index is 5.73. The van der Waals surface area contributed by atoms with Crippen molar-refractivity contribution in [2.75, 3.05) is 26.7 Å². The lowest BCUT2D eigenvalue weighted by molar-refractivity contribution is 0.0581. The number of hydrogen-bond donors (Lipinski definition) is 0. The van der Waals surface area contributed by atoms with Crippen LogP contribution in [-0.2, 0) is 13.2 Å². The van der Waals surface area contributed by atoms with Crippen molar-refractivity contribution in [1.29, 1.82) is 0 Å². The van der Waals surface area contributed by atoms with Crippen molar-refractivity contribution in [2.24, 2.45) is 0 Å². The van der Waals surface area contributed by atoms with E-state index < -0.39 is 0 Å². The minimum Gasteiger partial charge on any atom is -0.304 e. The molecule has 2 aromatic rings. The van der Waals surface area contributed by atoms with E-state index in [0.29, 0.717) is 12.0 Å². The molecule has 134 valence electrons. The fourth-order valence-electron chi connectivity index (χ4n) is 3.78. The molecule has 1 saturated heterocycles. The molecule has 2 heterocycles. The minimum atomic E-state index is 0.387. The molecule has 0 spiro atoms. The largest absolute Gasteiger partial charge is 0.304 e. The molecule has 1 aliphatic heterocycles. The summed E-state index contributed by atoms with van der Waals surface area (Å²) in [6.45, 7) is 7.02. The van der Waals surface area contributed by atoms with Crippen LogP contribution in [0.25, 0.3) is 0 Å². The zero-order valence-corrected chi connectivity index (χ0v) is 16.0. The summed E-state index contributed by atoms with van der Waals surface area (Å²) in [7, 11) is 2.20. The van der Waals surface area contributed by atoms with Gasteiger partial charge >= 0.3 is 0 Å². The Labute approximate surface area is 154 Å². The summed E-state index contributed by atoms with van der Waals surface area (Å²) in [5, 5.41) is 4.90. The molecule has 0 N–H and O–H groups in total. The normalized spacial score (nSPS) is 22.4. The third kappa shape index (κ3) is 3.43. The number of aromatic nitrogens is 3. The molecular formula is C19H27N5S. The van der Waals surface area contributed by atoms with Gasteiger partial charge in [-0.05, 0) is 44.6 Å². The van der Waals surface area contributed by atoms with Gasteiger partial charge in [0.1, 0.15) is 5.82 Å². The van der Waals surface area contributed by atoms with Crippen LogP contribution < -0.4 is 0 Å². The van der Waals surface area contributed by atoms with Crippen molar-refractivity contribution in [2.45, 2.75) is 44.9 Å². The Balaban J connectivity index is 1.61. The number of rotatable bonds is 5. The highest BCUT2D eigenvalue weighted by Crippen LogP contribution is 2.39. The molecule has 0 amide bonds. The first-order valence-corrected chi connectivity index (χ1v) is 9.73. The van der Waals surface area contributed by atoms with Crippen LogP contribution in [0.1, 0.15) is 43.1 Å². The number of hydrogen-bond acceptors (Lipinski definition) is 4. The first-order chi connectivity index (χ1) is 12.2. The van der Waals surface area contributed by atoms with Gasteiger partial charge in [-0.15, -0.1) is 0 Å². The van der Waals surface area contributed by atoms with E-state index in [4.69, 9.17) is 17.3 Å². The molecule has 0 radical (unpaired) electrons. The molecule has 4 rings (SSSR count). The van der Waals surface area contributed by atoms with Gasteiger partial charge in [-0.3, -0.25) is 4.90 Å². The fraction of sp³-hybridized carbons (Fsp3) is 0.579. The maximum Gasteiger partial charge on any atom is 0.199 e. The Morgan fingerprint density at radius 1 is 1.16 bits per heavy atom. The Kier molecular flexibility index (Phi) is 4.75. The molecule has 1 aromatic heterocycles. The van der Waals surface area contributed by atoms with E-state index in [1.807, 2.05) is 4.68 Å². The lowest BCUT2D eigenvalue weighted by Gasteiger charge is -2.40. The highest BCUT2D eigenvalue weighted by molar-refractivity contribution is 7.71. The van der Waals surface area contributed by atoms with Crippen LogP contribution in [0, 0.1) is 4.77 Å². The molecule has 2 aliphatic rings. The molecular weight excluding hydrogens is 330 g/mol. The quantitative estimate of drug-likeness (QED) is 0.768. The Bertz CT molecular complexity index is 777. The van der Waals surface area contributed by atoms with Gasteiger partial charge in [0.15, 0.2) is 4.77 Å². The summed E-state index contributed by atoms with van der Waals surface area (Å²) in [5.74, 6) is 1.82. The van der Waals surface area contributed by atoms with Crippen molar-refractivity contribution in [3.63, 3.8) is 0 Å². The second-order valence-electron chi connectivity index (χ2n) is 7.30. The number of nitrogens with zero attached hydrogens (tertiary/aromatic N) is 5. The second-order valence-corrected chi connectivity index (χ2v) is 7.67. The maximum absolute atomic E-state index is 5.73. The van der Waals surface area contributed by atoms with Gasteiger partial charge in [-0.25, -0.2) is 4.68 Å². The van der Waals surface area contributed by atoms with Gasteiger partial charge in [0.05, 0.1) is 6.67 Å². The zero-order chi connectivity index (χ0) is 17.4. The van der Waals surface area contributed by atoms with E-state index >= 15 is 0 Å². The Hall–Kier alpha value is -1.50. The third-order valence-corrected chi connectivity index (χ3v) is 5.84. The summed E-state index contributed by atoms with van der Waals surface area (Å²) in [6.07, 6.45) is 2.51. The van der Waals surface area contributed by atoms with E-state index in [-0.39, 0.29) is 0 Å². The smallest absolute Gasteiger partial charge is 0.199 e. The van der Waals surface area contributed by atoms with E-state index in [1.54, 1.807) is 0 Å². The standard InChI is InChI=1S/C19H27N5S/c1-3-23-18(16-9-10-16)20-24(19(23)25)14-22-12-11-21(2)13-17(22)15-7-5-4-6-8-15/h4-8,16-17H,3,9-14H2,1-2H3/t17-/m0/s1. The topological polar surface area (TPSA) is 29.2 Å². The summed E-state index contributed by atoms with van der Waals surface area (Å²) in [5.41, 5.74) is 1.37. The average Bonchev–Trinajstić information content (AvgIpc) is 3.43. The molecule has 0 bridgehead atoms. The van der Waals surface area contributed by atoms with E-state index in [9.17, 15) is 0 Å². The minimum absolute atomic E-state index is 0.387. The van der Waals surface area contributed by atoms with Gasteiger partial charge in [-0.2, -0.15) is 5.10 Å². The van der Waals surface area contributed by atoms with Crippen molar-refractivity contribution >= 4 is 12.2 Å². The molecule has 25 heavy (non-hydrogen) atoms. The SMILES string of the molecule is CCn1c(C2CC2)nn(CN2CCN(C)C[C@H]2c2ccccc2)c1=S. The van der Waals surface area contributed by atoms with Gasteiger partial charge < -0.3 is 9.47 Å². The highest BCUT2D eigenvalue weighted by Gasteiger charge is 2.31. The van der Waals surface area contributed by atoms with E-state index in [2.05, 4.69) is 58.7 Å². The van der Waals surface area contributed by atoms with E-state index in [0.717, 1.165) is 37.6 Å². The van der Waals surface area contributed by atoms with Gasteiger partial charge in [0.2, 0.25) is 0 Å². The zero-order valence-electron chi connectivity index (χ0n) is 15.1. The predicted octanol–water partition coefficient (Wildman–Crippen LogP) is 3.26. The first kappa shape index (κ1) is 16.9. The Morgan fingerprint density at radius 3 is 2.60 bits per heavy atom. The molecule has 2 fully saturated rings.